The highest BCUT2D eigenvalue weighted by molar-refractivity contribution is 7.14. The molecule has 6 nitrogen and oxygen atoms in total. The molecule has 162 valence electrons. The molecule has 0 aliphatic heterocycles. The SMILES string of the molecule is CC(C)Nc1nc(-c2cc(OC(C)(C)C)c3ccc(OCC(C)(C)N)cc3n2)cs1. The molecule has 0 unspecified atom stereocenters. The molecule has 0 bridgehead atoms. The summed E-state index contributed by atoms with van der Waals surface area (Å²) in [5.74, 6) is 1.51. The van der Waals surface area contributed by atoms with Crippen molar-refractivity contribution in [3.05, 3.63) is 29.6 Å². The Morgan fingerprint density at radius 1 is 1.07 bits per heavy atom. The van der Waals surface area contributed by atoms with E-state index in [9.17, 15) is 0 Å². The van der Waals surface area contributed by atoms with E-state index in [1.165, 1.54) is 0 Å². The summed E-state index contributed by atoms with van der Waals surface area (Å²) in [5, 5.41) is 7.16. The van der Waals surface area contributed by atoms with Crippen molar-refractivity contribution in [1.29, 1.82) is 0 Å². The van der Waals surface area contributed by atoms with Crippen molar-refractivity contribution in [2.24, 2.45) is 5.73 Å². The number of rotatable bonds is 7. The molecule has 3 rings (SSSR count). The minimum atomic E-state index is -0.412. The second kappa shape index (κ2) is 8.40. The molecule has 0 fully saturated rings. The molecule has 1 aromatic carbocycles. The van der Waals surface area contributed by atoms with E-state index >= 15 is 0 Å². The van der Waals surface area contributed by atoms with Gasteiger partial charge in [-0.05, 0) is 60.6 Å². The Kier molecular flexibility index (Phi) is 6.24. The molecular formula is C23H32N4O2S. The number of aromatic nitrogens is 2. The zero-order chi connectivity index (χ0) is 22.1. The number of fused-ring (bicyclic) bond motifs is 1. The predicted molar refractivity (Wildman–Crippen MR) is 126 cm³/mol. The molecular weight excluding hydrogens is 396 g/mol. The number of nitrogens with one attached hydrogen (secondary N) is 1. The lowest BCUT2D eigenvalue weighted by Crippen LogP contribution is -2.38. The Morgan fingerprint density at radius 3 is 2.43 bits per heavy atom. The zero-order valence-electron chi connectivity index (χ0n) is 18.9. The van der Waals surface area contributed by atoms with Gasteiger partial charge in [-0.15, -0.1) is 11.3 Å². The van der Waals surface area contributed by atoms with Crippen LogP contribution in [-0.4, -0.2) is 33.8 Å². The molecule has 3 N–H and O–H groups in total. The van der Waals surface area contributed by atoms with E-state index in [4.69, 9.17) is 25.2 Å². The van der Waals surface area contributed by atoms with Crippen LogP contribution in [0.2, 0.25) is 0 Å². The van der Waals surface area contributed by atoms with Crippen molar-refractivity contribution in [2.75, 3.05) is 11.9 Å². The highest BCUT2D eigenvalue weighted by atomic mass is 32.1. The summed E-state index contributed by atoms with van der Waals surface area (Å²) in [4.78, 5) is 9.56. The van der Waals surface area contributed by atoms with E-state index in [1.807, 2.05) is 64.3 Å². The maximum Gasteiger partial charge on any atom is 0.183 e. The van der Waals surface area contributed by atoms with Crippen LogP contribution in [0.1, 0.15) is 48.5 Å². The first-order valence-electron chi connectivity index (χ1n) is 10.2. The third kappa shape index (κ3) is 6.06. The first-order valence-corrected chi connectivity index (χ1v) is 11.1. The molecule has 0 atom stereocenters. The standard InChI is InChI=1S/C23H32N4O2S/c1-14(2)25-21-27-19(12-30-21)18-11-20(29-22(3,4)5)16-9-8-15(10-17(16)26-18)28-13-23(6,7)24/h8-12,14H,13,24H2,1-7H3,(H,25,27). The second-order valence-electron chi connectivity index (χ2n) is 9.51. The van der Waals surface area contributed by atoms with Crippen molar-refractivity contribution in [3.8, 4) is 22.9 Å². The smallest absolute Gasteiger partial charge is 0.183 e. The van der Waals surface area contributed by atoms with Crippen molar-refractivity contribution in [1.82, 2.24) is 9.97 Å². The third-order valence-corrected chi connectivity index (χ3v) is 4.72. The van der Waals surface area contributed by atoms with E-state index in [-0.39, 0.29) is 5.60 Å². The van der Waals surface area contributed by atoms with Crippen molar-refractivity contribution < 1.29 is 9.47 Å². The molecule has 3 aromatic rings. The summed E-state index contributed by atoms with van der Waals surface area (Å²) in [6.45, 7) is 14.6. The average Bonchev–Trinajstić information content (AvgIpc) is 3.05. The maximum atomic E-state index is 6.26. The number of anilines is 1. The molecule has 30 heavy (non-hydrogen) atoms. The molecule has 2 aromatic heterocycles. The minimum absolute atomic E-state index is 0.319. The lowest BCUT2D eigenvalue weighted by atomic mass is 10.1. The van der Waals surface area contributed by atoms with Crippen LogP contribution in [0.3, 0.4) is 0 Å². The number of benzene rings is 1. The number of thiazole rings is 1. The van der Waals surface area contributed by atoms with Crippen LogP contribution in [0.15, 0.2) is 29.6 Å². The predicted octanol–water partition coefficient (Wildman–Crippen LogP) is 5.47. The zero-order valence-corrected chi connectivity index (χ0v) is 19.7. The highest BCUT2D eigenvalue weighted by Gasteiger charge is 2.18. The first kappa shape index (κ1) is 22.3. The highest BCUT2D eigenvalue weighted by Crippen LogP contribution is 2.35. The van der Waals surface area contributed by atoms with Crippen molar-refractivity contribution in [2.45, 2.75) is 65.6 Å². The average molecular weight is 429 g/mol. The Labute approximate surface area is 182 Å². The monoisotopic (exact) mass is 428 g/mol. The topological polar surface area (TPSA) is 82.3 Å². The van der Waals surface area contributed by atoms with Gasteiger partial charge < -0.3 is 20.5 Å². The number of nitrogens with two attached hydrogens (primary N) is 1. The van der Waals surface area contributed by atoms with Gasteiger partial charge >= 0.3 is 0 Å². The lowest BCUT2D eigenvalue weighted by molar-refractivity contribution is 0.133. The third-order valence-electron chi connectivity index (χ3n) is 3.95. The van der Waals surface area contributed by atoms with Gasteiger partial charge in [-0.2, -0.15) is 0 Å². The normalized spacial score (nSPS) is 12.4. The Hall–Kier alpha value is -2.38. The van der Waals surface area contributed by atoms with Gasteiger partial charge in [-0.3, -0.25) is 0 Å². The lowest BCUT2D eigenvalue weighted by Gasteiger charge is -2.23. The molecule has 0 amide bonds. The van der Waals surface area contributed by atoms with Crippen LogP contribution >= 0.6 is 11.3 Å². The molecule has 0 aliphatic rings. The Bertz CT molecular complexity index is 1020. The van der Waals surface area contributed by atoms with Crippen LogP contribution in [-0.2, 0) is 0 Å². The number of hydrogen-bond acceptors (Lipinski definition) is 7. The first-order chi connectivity index (χ1) is 13.9. The van der Waals surface area contributed by atoms with Crippen LogP contribution < -0.4 is 20.5 Å². The quantitative estimate of drug-likeness (QED) is 0.519. The number of nitrogens with zero attached hydrogens (tertiary/aromatic N) is 2. The fourth-order valence-electron chi connectivity index (χ4n) is 2.79. The molecule has 0 radical (unpaired) electrons. The molecule has 0 saturated carbocycles. The van der Waals surface area contributed by atoms with Crippen LogP contribution in [0, 0.1) is 0 Å². The largest absolute Gasteiger partial charge is 0.492 e. The van der Waals surface area contributed by atoms with E-state index in [2.05, 4.69) is 19.2 Å². The van der Waals surface area contributed by atoms with Gasteiger partial charge in [0.25, 0.3) is 0 Å². The van der Waals surface area contributed by atoms with Crippen LogP contribution in [0.25, 0.3) is 22.3 Å². The van der Waals surface area contributed by atoms with Gasteiger partial charge in [0.15, 0.2) is 5.13 Å². The van der Waals surface area contributed by atoms with Gasteiger partial charge in [0, 0.05) is 34.5 Å². The molecule has 0 spiro atoms. The van der Waals surface area contributed by atoms with E-state index in [0.29, 0.717) is 12.6 Å². The summed E-state index contributed by atoms with van der Waals surface area (Å²) >= 11 is 1.57. The summed E-state index contributed by atoms with van der Waals surface area (Å²) in [7, 11) is 0. The summed E-state index contributed by atoms with van der Waals surface area (Å²) < 4.78 is 12.1. The molecule has 0 saturated heterocycles. The van der Waals surface area contributed by atoms with Gasteiger partial charge in [0.1, 0.15) is 29.4 Å². The fraction of sp³-hybridized carbons (Fsp3) is 0.478. The number of ether oxygens (including phenoxy) is 2. The summed E-state index contributed by atoms with van der Waals surface area (Å²) in [5.41, 5.74) is 7.69. The van der Waals surface area contributed by atoms with E-state index in [0.717, 1.165) is 38.9 Å². The van der Waals surface area contributed by atoms with E-state index in [1.54, 1.807) is 11.3 Å². The second-order valence-corrected chi connectivity index (χ2v) is 10.4. The minimum Gasteiger partial charge on any atom is -0.492 e. The summed E-state index contributed by atoms with van der Waals surface area (Å²) in [6, 6.07) is 8.13. The summed E-state index contributed by atoms with van der Waals surface area (Å²) in [6.07, 6.45) is 0. The Morgan fingerprint density at radius 2 is 1.80 bits per heavy atom. The van der Waals surface area contributed by atoms with Gasteiger partial charge in [-0.1, -0.05) is 0 Å². The van der Waals surface area contributed by atoms with Gasteiger partial charge in [-0.25, -0.2) is 9.97 Å². The number of hydrogen-bond donors (Lipinski definition) is 2. The molecule has 7 heteroatoms. The van der Waals surface area contributed by atoms with Gasteiger partial charge in [0.2, 0.25) is 0 Å². The van der Waals surface area contributed by atoms with Crippen LogP contribution in [0.5, 0.6) is 11.5 Å². The molecule has 2 heterocycles. The van der Waals surface area contributed by atoms with E-state index < -0.39 is 5.54 Å². The van der Waals surface area contributed by atoms with Crippen molar-refractivity contribution in [3.63, 3.8) is 0 Å². The molecule has 0 aliphatic carbocycles. The maximum absolute atomic E-state index is 6.26. The van der Waals surface area contributed by atoms with Gasteiger partial charge in [0.05, 0.1) is 11.2 Å². The fourth-order valence-corrected chi connectivity index (χ4v) is 3.64. The Balaban J connectivity index is 2.04. The number of pyridine rings is 1. The van der Waals surface area contributed by atoms with Crippen molar-refractivity contribution >= 4 is 27.4 Å². The van der Waals surface area contributed by atoms with Crippen LogP contribution in [0.4, 0.5) is 5.13 Å².